The lowest BCUT2D eigenvalue weighted by molar-refractivity contribution is 0.132. The number of likely N-dealkylation sites (tertiary alicyclic amines) is 2. The van der Waals surface area contributed by atoms with E-state index >= 15 is 0 Å². The first-order chi connectivity index (χ1) is 8.57. The zero-order valence-electron chi connectivity index (χ0n) is 12.5. The molecule has 3 heteroatoms. The Balaban J connectivity index is 1.65. The maximum absolute atomic E-state index is 3.76. The van der Waals surface area contributed by atoms with Crippen molar-refractivity contribution < 1.29 is 0 Å². The zero-order valence-corrected chi connectivity index (χ0v) is 12.5. The summed E-state index contributed by atoms with van der Waals surface area (Å²) in [6, 6.07) is 0. The van der Waals surface area contributed by atoms with Gasteiger partial charge in [-0.1, -0.05) is 6.92 Å². The highest BCUT2D eigenvalue weighted by molar-refractivity contribution is 4.84. The summed E-state index contributed by atoms with van der Waals surface area (Å²) in [7, 11) is 4.50. The number of hydrogen-bond acceptors (Lipinski definition) is 3. The maximum Gasteiger partial charge on any atom is 0.00187 e. The van der Waals surface area contributed by atoms with E-state index in [4.69, 9.17) is 0 Å². The largest absolute Gasteiger partial charge is 0.316 e. The summed E-state index contributed by atoms with van der Waals surface area (Å²) in [5.74, 6) is 0.874. The Bertz CT molecular complexity index is 246. The summed E-state index contributed by atoms with van der Waals surface area (Å²) in [5.41, 5.74) is 0.535. The first-order valence-electron chi connectivity index (χ1n) is 7.65. The van der Waals surface area contributed by atoms with Crippen LogP contribution in [0.15, 0.2) is 0 Å². The molecule has 0 radical (unpaired) electrons. The highest BCUT2D eigenvalue weighted by Crippen LogP contribution is 2.29. The molecule has 0 aliphatic carbocycles. The van der Waals surface area contributed by atoms with E-state index in [1.54, 1.807) is 0 Å². The molecule has 1 N–H and O–H groups in total. The second kappa shape index (κ2) is 6.36. The predicted molar refractivity (Wildman–Crippen MR) is 77.9 cm³/mol. The molecule has 1 atom stereocenters. The average molecular weight is 253 g/mol. The molecule has 0 aromatic carbocycles. The normalized spacial score (nSPS) is 30.5. The monoisotopic (exact) mass is 253 g/mol. The molecule has 2 heterocycles. The number of nitrogens with zero attached hydrogens (tertiary/aromatic N) is 2. The van der Waals surface area contributed by atoms with Gasteiger partial charge in [0.15, 0.2) is 0 Å². The van der Waals surface area contributed by atoms with Gasteiger partial charge in [0, 0.05) is 13.1 Å². The van der Waals surface area contributed by atoms with Gasteiger partial charge >= 0.3 is 0 Å². The Labute approximate surface area is 113 Å². The van der Waals surface area contributed by atoms with Crippen molar-refractivity contribution in [2.75, 3.05) is 53.4 Å². The first-order valence-corrected chi connectivity index (χ1v) is 7.65. The molecule has 2 fully saturated rings. The fourth-order valence-corrected chi connectivity index (χ4v) is 3.35. The molecule has 18 heavy (non-hydrogen) atoms. The summed E-state index contributed by atoms with van der Waals surface area (Å²) < 4.78 is 0. The first kappa shape index (κ1) is 14.3. The van der Waals surface area contributed by atoms with E-state index in [0.717, 1.165) is 5.92 Å². The molecule has 2 aliphatic heterocycles. The summed E-state index contributed by atoms with van der Waals surface area (Å²) in [4.78, 5) is 4.94. The van der Waals surface area contributed by atoms with E-state index in [2.05, 4.69) is 36.1 Å². The lowest BCUT2D eigenvalue weighted by Crippen LogP contribution is -2.44. The van der Waals surface area contributed by atoms with Gasteiger partial charge in [0.25, 0.3) is 0 Å². The molecule has 0 saturated carbocycles. The van der Waals surface area contributed by atoms with Crippen molar-refractivity contribution in [3.8, 4) is 0 Å². The Morgan fingerprint density at radius 2 is 1.83 bits per heavy atom. The van der Waals surface area contributed by atoms with Crippen LogP contribution in [0, 0.1) is 11.3 Å². The minimum absolute atomic E-state index is 0.535. The molecule has 0 spiro atoms. The smallest absolute Gasteiger partial charge is 0.00187 e. The van der Waals surface area contributed by atoms with Gasteiger partial charge in [0.2, 0.25) is 0 Å². The standard InChI is InChI=1S/C15H31N3/c1-15(6-9-17(2)10-7-15)13-16-11-14-5-4-8-18(3)12-14/h14,16H,4-13H2,1-3H3. The van der Waals surface area contributed by atoms with Gasteiger partial charge in [-0.3, -0.25) is 0 Å². The van der Waals surface area contributed by atoms with Crippen molar-refractivity contribution in [3.63, 3.8) is 0 Å². The van der Waals surface area contributed by atoms with E-state index < -0.39 is 0 Å². The third kappa shape index (κ3) is 4.22. The van der Waals surface area contributed by atoms with Crippen LogP contribution in [0.3, 0.4) is 0 Å². The summed E-state index contributed by atoms with van der Waals surface area (Å²) >= 11 is 0. The van der Waals surface area contributed by atoms with Crippen LogP contribution in [-0.4, -0.2) is 63.2 Å². The Morgan fingerprint density at radius 3 is 2.50 bits per heavy atom. The zero-order chi connectivity index (χ0) is 13.0. The third-order valence-corrected chi connectivity index (χ3v) is 4.90. The molecule has 0 aromatic rings. The Hall–Kier alpha value is -0.120. The number of piperidine rings is 2. The number of hydrogen-bond donors (Lipinski definition) is 1. The topological polar surface area (TPSA) is 18.5 Å². The SMILES string of the molecule is CN1CCC(C)(CNCC2CCCN(C)C2)CC1. The van der Waals surface area contributed by atoms with Crippen molar-refractivity contribution in [2.45, 2.75) is 32.6 Å². The predicted octanol–water partition coefficient (Wildman–Crippen LogP) is 1.65. The van der Waals surface area contributed by atoms with Gasteiger partial charge in [0.05, 0.1) is 0 Å². The van der Waals surface area contributed by atoms with E-state index in [0.29, 0.717) is 5.41 Å². The molecular formula is C15H31N3. The van der Waals surface area contributed by atoms with Crippen molar-refractivity contribution in [1.82, 2.24) is 15.1 Å². The Kier molecular flexibility index (Phi) is 5.05. The van der Waals surface area contributed by atoms with Gasteiger partial charge in [-0.15, -0.1) is 0 Å². The highest BCUT2D eigenvalue weighted by atomic mass is 15.1. The molecule has 2 rings (SSSR count). The second-order valence-electron chi connectivity index (χ2n) is 7.02. The fraction of sp³-hybridized carbons (Fsp3) is 1.00. The highest BCUT2D eigenvalue weighted by Gasteiger charge is 2.28. The third-order valence-electron chi connectivity index (χ3n) is 4.90. The Morgan fingerprint density at radius 1 is 1.11 bits per heavy atom. The van der Waals surface area contributed by atoms with Gasteiger partial charge in [-0.25, -0.2) is 0 Å². The number of nitrogens with one attached hydrogen (secondary N) is 1. The van der Waals surface area contributed by atoms with Crippen molar-refractivity contribution in [3.05, 3.63) is 0 Å². The van der Waals surface area contributed by atoms with Crippen molar-refractivity contribution >= 4 is 0 Å². The van der Waals surface area contributed by atoms with Crippen LogP contribution in [0.5, 0.6) is 0 Å². The van der Waals surface area contributed by atoms with Crippen molar-refractivity contribution in [1.29, 1.82) is 0 Å². The van der Waals surface area contributed by atoms with Gasteiger partial charge < -0.3 is 15.1 Å². The molecular weight excluding hydrogens is 222 g/mol. The minimum atomic E-state index is 0.535. The van der Waals surface area contributed by atoms with Crippen LogP contribution >= 0.6 is 0 Å². The van der Waals surface area contributed by atoms with E-state index in [9.17, 15) is 0 Å². The minimum Gasteiger partial charge on any atom is -0.316 e. The van der Waals surface area contributed by atoms with E-state index in [1.807, 2.05) is 0 Å². The van der Waals surface area contributed by atoms with Crippen LogP contribution in [0.25, 0.3) is 0 Å². The van der Waals surface area contributed by atoms with Gasteiger partial charge in [-0.2, -0.15) is 0 Å². The molecule has 3 nitrogen and oxygen atoms in total. The number of rotatable bonds is 4. The molecule has 1 unspecified atom stereocenters. The van der Waals surface area contributed by atoms with Gasteiger partial charge in [-0.05, 0) is 77.3 Å². The fourth-order valence-electron chi connectivity index (χ4n) is 3.35. The molecule has 0 amide bonds. The molecule has 2 saturated heterocycles. The van der Waals surface area contributed by atoms with Crippen LogP contribution < -0.4 is 5.32 Å². The van der Waals surface area contributed by atoms with Gasteiger partial charge in [0.1, 0.15) is 0 Å². The lowest BCUT2D eigenvalue weighted by Gasteiger charge is -2.38. The average Bonchev–Trinajstić information content (AvgIpc) is 2.34. The maximum atomic E-state index is 3.76. The summed E-state index contributed by atoms with van der Waals surface area (Å²) in [6.07, 6.45) is 5.49. The van der Waals surface area contributed by atoms with Crippen LogP contribution in [0.4, 0.5) is 0 Å². The molecule has 106 valence electrons. The van der Waals surface area contributed by atoms with E-state index in [1.165, 1.54) is 65.0 Å². The summed E-state index contributed by atoms with van der Waals surface area (Å²) in [6.45, 7) is 10.00. The quantitative estimate of drug-likeness (QED) is 0.822. The molecule has 0 aromatic heterocycles. The second-order valence-corrected chi connectivity index (χ2v) is 7.02. The van der Waals surface area contributed by atoms with Crippen LogP contribution in [0.1, 0.15) is 32.6 Å². The van der Waals surface area contributed by atoms with Crippen LogP contribution in [-0.2, 0) is 0 Å². The van der Waals surface area contributed by atoms with E-state index in [-0.39, 0.29) is 0 Å². The summed E-state index contributed by atoms with van der Waals surface area (Å²) in [5, 5.41) is 3.76. The van der Waals surface area contributed by atoms with Crippen molar-refractivity contribution in [2.24, 2.45) is 11.3 Å². The van der Waals surface area contributed by atoms with Crippen LogP contribution in [0.2, 0.25) is 0 Å². The lowest BCUT2D eigenvalue weighted by atomic mass is 9.80. The molecule has 2 aliphatic rings. The molecule has 0 bridgehead atoms.